The molecule has 0 saturated carbocycles. The SMILES string of the molecule is CC1(C)Oc2cc(OC(F)F)ccc2C2(C(=O)Nc3ccccc32)C1Cc1ccc(F)cc1. The van der Waals surface area contributed by atoms with Gasteiger partial charge >= 0.3 is 6.61 Å². The van der Waals surface area contributed by atoms with Crippen LogP contribution >= 0.6 is 0 Å². The minimum atomic E-state index is -2.98. The maximum atomic E-state index is 13.8. The molecule has 2 heterocycles. The van der Waals surface area contributed by atoms with E-state index in [0.29, 0.717) is 23.4 Å². The van der Waals surface area contributed by atoms with E-state index >= 15 is 0 Å². The number of alkyl halides is 2. The van der Waals surface area contributed by atoms with Gasteiger partial charge in [-0.25, -0.2) is 4.39 Å². The van der Waals surface area contributed by atoms with Gasteiger partial charge in [0.25, 0.3) is 0 Å². The highest BCUT2D eigenvalue weighted by molar-refractivity contribution is 6.09. The summed E-state index contributed by atoms with van der Waals surface area (Å²) >= 11 is 0. The van der Waals surface area contributed by atoms with E-state index in [0.717, 1.165) is 11.1 Å². The Labute approximate surface area is 189 Å². The number of carbonyl (C=O) groups is 1. The van der Waals surface area contributed by atoms with Crippen LogP contribution in [0.3, 0.4) is 0 Å². The van der Waals surface area contributed by atoms with Gasteiger partial charge in [0.05, 0.1) is 0 Å². The van der Waals surface area contributed by atoms with E-state index in [9.17, 15) is 18.0 Å². The molecule has 0 aromatic heterocycles. The van der Waals surface area contributed by atoms with Crippen LogP contribution in [0.15, 0.2) is 66.7 Å². The van der Waals surface area contributed by atoms with Crippen LogP contribution in [0.2, 0.25) is 0 Å². The van der Waals surface area contributed by atoms with Crippen molar-refractivity contribution in [1.82, 2.24) is 0 Å². The molecule has 3 aromatic carbocycles. The van der Waals surface area contributed by atoms with E-state index in [-0.39, 0.29) is 23.4 Å². The standard InChI is InChI=1S/C26H22F3NO3/c1-25(2)22(13-15-7-9-16(27)10-8-15)26(18-5-3-4-6-20(18)30-23(26)31)19-12-11-17(32-24(28)29)14-21(19)33-25/h3-12,14,22,24H,13H2,1-2H3,(H,30,31). The Kier molecular flexibility index (Phi) is 4.88. The highest BCUT2D eigenvalue weighted by Crippen LogP contribution is 2.58. The van der Waals surface area contributed by atoms with Crippen LogP contribution in [-0.4, -0.2) is 18.1 Å². The first-order valence-corrected chi connectivity index (χ1v) is 10.7. The number of hydrogen-bond acceptors (Lipinski definition) is 3. The van der Waals surface area contributed by atoms with Crippen LogP contribution in [-0.2, 0) is 16.6 Å². The van der Waals surface area contributed by atoms with Crippen molar-refractivity contribution in [2.45, 2.75) is 37.9 Å². The minimum Gasteiger partial charge on any atom is -0.487 e. The van der Waals surface area contributed by atoms with E-state index in [1.54, 1.807) is 18.2 Å². The maximum Gasteiger partial charge on any atom is 0.387 e. The number of fused-ring (bicyclic) bond motifs is 4. The molecule has 2 atom stereocenters. The molecule has 33 heavy (non-hydrogen) atoms. The summed E-state index contributed by atoms with van der Waals surface area (Å²) in [6.07, 6.45) is 0.434. The second-order valence-corrected chi connectivity index (χ2v) is 8.93. The monoisotopic (exact) mass is 453 g/mol. The summed E-state index contributed by atoms with van der Waals surface area (Å²) in [4.78, 5) is 13.8. The fourth-order valence-corrected chi connectivity index (χ4v) is 5.30. The van der Waals surface area contributed by atoms with Crippen molar-refractivity contribution in [3.8, 4) is 11.5 Å². The average Bonchev–Trinajstić information content (AvgIpc) is 3.04. The summed E-state index contributed by atoms with van der Waals surface area (Å²) in [5, 5.41) is 3.00. The lowest BCUT2D eigenvalue weighted by molar-refractivity contribution is -0.126. The first kappa shape index (κ1) is 21.4. The van der Waals surface area contributed by atoms with Crippen LogP contribution in [0.5, 0.6) is 11.5 Å². The lowest BCUT2D eigenvalue weighted by Crippen LogP contribution is -2.58. The number of para-hydroxylation sites is 1. The van der Waals surface area contributed by atoms with Gasteiger partial charge in [-0.05, 0) is 55.7 Å². The average molecular weight is 453 g/mol. The van der Waals surface area contributed by atoms with Crippen molar-refractivity contribution in [3.63, 3.8) is 0 Å². The molecule has 0 aliphatic carbocycles. The van der Waals surface area contributed by atoms with Crippen LogP contribution in [0, 0.1) is 11.7 Å². The van der Waals surface area contributed by atoms with Crippen molar-refractivity contribution in [2.24, 2.45) is 5.92 Å². The molecule has 0 radical (unpaired) electrons. The predicted octanol–water partition coefficient (Wildman–Crippen LogP) is 5.70. The van der Waals surface area contributed by atoms with Gasteiger partial charge in [-0.15, -0.1) is 0 Å². The number of rotatable bonds is 4. The minimum absolute atomic E-state index is 0.0432. The third-order valence-corrected chi connectivity index (χ3v) is 6.65. The Bertz CT molecular complexity index is 1230. The second kappa shape index (κ2) is 7.54. The number of nitrogens with one attached hydrogen (secondary N) is 1. The van der Waals surface area contributed by atoms with Crippen LogP contribution in [0.4, 0.5) is 18.9 Å². The Morgan fingerprint density at radius 2 is 1.76 bits per heavy atom. The predicted molar refractivity (Wildman–Crippen MR) is 117 cm³/mol. The van der Waals surface area contributed by atoms with E-state index in [4.69, 9.17) is 4.74 Å². The van der Waals surface area contributed by atoms with Crippen molar-refractivity contribution >= 4 is 11.6 Å². The smallest absolute Gasteiger partial charge is 0.387 e. The van der Waals surface area contributed by atoms with Gasteiger partial charge in [-0.2, -0.15) is 8.78 Å². The van der Waals surface area contributed by atoms with Crippen LogP contribution in [0.1, 0.15) is 30.5 Å². The van der Waals surface area contributed by atoms with Crippen LogP contribution < -0.4 is 14.8 Å². The number of benzene rings is 3. The molecule has 1 amide bonds. The van der Waals surface area contributed by atoms with Crippen molar-refractivity contribution in [1.29, 1.82) is 0 Å². The van der Waals surface area contributed by atoms with Gasteiger partial charge in [-0.3, -0.25) is 4.79 Å². The topological polar surface area (TPSA) is 47.6 Å². The molecule has 5 rings (SSSR count). The molecule has 2 unspecified atom stereocenters. The zero-order valence-electron chi connectivity index (χ0n) is 18.1. The fraction of sp³-hybridized carbons (Fsp3) is 0.269. The number of hydrogen-bond donors (Lipinski definition) is 1. The largest absolute Gasteiger partial charge is 0.487 e. The molecule has 4 nitrogen and oxygen atoms in total. The molecule has 3 aromatic rings. The first-order chi connectivity index (χ1) is 15.7. The number of carbonyl (C=O) groups excluding carboxylic acids is 1. The van der Waals surface area contributed by atoms with Gasteiger partial charge in [0.2, 0.25) is 5.91 Å². The summed E-state index contributed by atoms with van der Waals surface area (Å²) in [6.45, 7) is 0.775. The van der Waals surface area contributed by atoms with Crippen LogP contribution in [0.25, 0.3) is 0 Å². The molecule has 0 fully saturated rings. The quantitative estimate of drug-likeness (QED) is 0.552. The summed E-state index contributed by atoms with van der Waals surface area (Å²) in [5.74, 6) is -0.656. The van der Waals surface area contributed by atoms with Crippen molar-refractivity contribution in [3.05, 3.63) is 89.2 Å². The zero-order chi connectivity index (χ0) is 23.4. The Morgan fingerprint density at radius 1 is 1.03 bits per heavy atom. The molecule has 0 bridgehead atoms. The third kappa shape index (κ3) is 3.34. The zero-order valence-corrected chi connectivity index (χ0v) is 18.1. The molecule has 1 spiro atoms. The summed E-state index contributed by atoms with van der Waals surface area (Å²) in [7, 11) is 0. The molecule has 7 heteroatoms. The van der Waals surface area contributed by atoms with Gasteiger partial charge < -0.3 is 14.8 Å². The number of ether oxygens (including phenoxy) is 2. The Hall–Kier alpha value is -3.48. The molecular weight excluding hydrogens is 431 g/mol. The Morgan fingerprint density at radius 3 is 2.48 bits per heavy atom. The number of amides is 1. The molecular formula is C26H22F3NO3. The van der Waals surface area contributed by atoms with Gasteiger partial charge in [0.15, 0.2) is 0 Å². The normalized spacial score (nSPS) is 22.5. The van der Waals surface area contributed by atoms with Crippen molar-refractivity contribution < 1.29 is 27.4 Å². The summed E-state index contributed by atoms with van der Waals surface area (Å²) < 4.78 is 50.1. The summed E-state index contributed by atoms with van der Waals surface area (Å²) in [6, 6.07) is 18.1. The van der Waals surface area contributed by atoms with Gasteiger partial charge in [0.1, 0.15) is 28.3 Å². The van der Waals surface area contributed by atoms with E-state index in [2.05, 4.69) is 10.1 Å². The lowest BCUT2D eigenvalue weighted by Gasteiger charge is -2.50. The molecule has 2 aliphatic heterocycles. The first-order valence-electron chi connectivity index (χ1n) is 10.7. The van der Waals surface area contributed by atoms with Crippen molar-refractivity contribution in [2.75, 3.05) is 5.32 Å². The molecule has 170 valence electrons. The van der Waals surface area contributed by atoms with E-state index in [1.165, 1.54) is 24.3 Å². The highest BCUT2D eigenvalue weighted by atomic mass is 19.3. The highest BCUT2D eigenvalue weighted by Gasteiger charge is 2.62. The lowest BCUT2D eigenvalue weighted by atomic mass is 9.58. The molecule has 2 aliphatic rings. The van der Waals surface area contributed by atoms with E-state index in [1.807, 2.05) is 38.1 Å². The third-order valence-electron chi connectivity index (χ3n) is 6.65. The fourth-order valence-electron chi connectivity index (χ4n) is 5.30. The summed E-state index contributed by atoms with van der Waals surface area (Å²) in [5.41, 5.74) is 0.921. The van der Waals surface area contributed by atoms with Gasteiger partial charge in [0, 0.05) is 23.2 Å². The van der Waals surface area contributed by atoms with E-state index < -0.39 is 17.6 Å². The second-order valence-electron chi connectivity index (χ2n) is 8.93. The molecule has 0 saturated heterocycles. The number of anilines is 1. The van der Waals surface area contributed by atoms with Gasteiger partial charge in [-0.1, -0.05) is 36.4 Å². The maximum absolute atomic E-state index is 13.8. The number of halogens is 3. The Balaban J connectivity index is 1.74. The molecule has 1 N–H and O–H groups in total.